The van der Waals surface area contributed by atoms with Crippen LogP contribution in [0.15, 0.2) is 30.3 Å². The SMILES string of the molecule is C[C@@H]1CC(C#N)(NCc2ccccc2)C[C@H](C)N1. The van der Waals surface area contributed by atoms with Crippen LogP contribution in [-0.2, 0) is 6.54 Å². The first-order valence-electron chi connectivity index (χ1n) is 6.60. The van der Waals surface area contributed by atoms with Crippen LogP contribution >= 0.6 is 0 Å². The van der Waals surface area contributed by atoms with Gasteiger partial charge in [-0.05, 0) is 32.3 Å². The van der Waals surface area contributed by atoms with Crippen LogP contribution in [0.4, 0.5) is 0 Å². The second-order valence-electron chi connectivity index (χ2n) is 5.41. The molecule has 18 heavy (non-hydrogen) atoms. The third-order valence-electron chi connectivity index (χ3n) is 3.57. The summed E-state index contributed by atoms with van der Waals surface area (Å²) in [6, 6.07) is 13.5. The van der Waals surface area contributed by atoms with Gasteiger partial charge in [-0.3, -0.25) is 5.32 Å². The van der Waals surface area contributed by atoms with Gasteiger partial charge in [-0.2, -0.15) is 5.26 Å². The Morgan fingerprint density at radius 2 is 1.89 bits per heavy atom. The van der Waals surface area contributed by atoms with Gasteiger partial charge in [0.15, 0.2) is 0 Å². The van der Waals surface area contributed by atoms with Crippen molar-refractivity contribution in [3.8, 4) is 6.07 Å². The highest BCUT2D eigenvalue weighted by Crippen LogP contribution is 2.24. The lowest BCUT2D eigenvalue weighted by Crippen LogP contribution is -2.57. The van der Waals surface area contributed by atoms with Crippen LogP contribution < -0.4 is 10.6 Å². The van der Waals surface area contributed by atoms with Gasteiger partial charge in [0.2, 0.25) is 0 Å². The number of rotatable bonds is 3. The summed E-state index contributed by atoms with van der Waals surface area (Å²) >= 11 is 0. The van der Waals surface area contributed by atoms with Crippen molar-refractivity contribution in [1.82, 2.24) is 10.6 Å². The van der Waals surface area contributed by atoms with Crippen molar-refractivity contribution in [2.75, 3.05) is 0 Å². The van der Waals surface area contributed by atoms with Crippen LogP contribution in [0.25, 0.3) is 0 Å². The van der Waals surface area contributed by atoms with Crippen molar-refractivity contribution in [3.63, 3.8) is 0 Å². The van der Waals surface area contributed by atoms with E-state index in [9.17, 15) is 5.26 Å². The van der Waals surface area contributed by atoms with E-state index in [1.165, 1.54) is 5.56 Å². The number of piperidine rings is 1. The maximum Gasteiger partial charge on any atom is 0.109 e. The molecular formula is C15H21N3. The molecular weight excluding hydrogens is 222 g/mol. The Hall–Kier alpha value is -1.37. The summed E-state index contributed by atoms with van der Waals surface area (Å²) in [4.78, 5) is 0. The second-order valence-corrected chi connectivity index (χ2v) is 5.41. The molecule has 1 aliphatic heterocycles. The number of nitrogens with one attached hydrogen (secondary N) is 2. The molecule has 96 valence electrons. The topological polar surface area (TPSA) is 47.9 Å². The molecule has 0 amide bonds. The molecule has 1 fully saturated rings. The normalized spacial score (nSPS) is 31.8. The summed E-state index contributed by atoms with van der Waals surface area (Å²) in [7, 11) is 0. The average Bonchev–Trinajstić information content (AvgIpc) is 2.37. The van der Waals surface area contributed by atoms with Crippen molar-refractivity contribution in [2.24, 2.45) is 0 Å². The van der Waals surface area contributed by atoms with E-state index in [2.05, 4.69) is 42.7 Å². The third-order valence-corrected chi connectivity index (χ3v) is 3.57. The fourth-order valence-electron chi connectivity index (χ4n) is 2.87. The molecule has 2 rings (SSSR count). The molecule has 1 heterocycles. The van der Waals surface area contributed by atoms with Gasteiger partial charge in [-0.15, -0.1) is 0 Å². The molecule has 0 spiro atoms. The van der Waals surface area contributed by atoms with E-state index < -0.39 is 0 Å². The Morgan fingerprint density at radius 1 is 1.28 bits per heavy atom. The Balaban J connectivity index is 2.03. The Labute approximate surface area is 109 Å². The summed E-state index contributed by atoms with van der Waals surface area (Å²) in [5.41, 5.74) is 0.839. The van der Waals surface area contributed by atoms with Crippen molar-refractivity contribution in [2.45, 2.75) is 50.9 Å². The number of nitrogens with zero attached hydrogens (tertiary/aromatic N) is 1. The largest absolute Gasteiger partial charge is 0.312 e. The van der Waals surface area contributed by atoms with Gasteiger partial charge >= 0.3 is 0 Å². The number of benzene rings is 1. The van der Waals surface area contributed by atoms with Crippen molar-refractivity contribution >= 4 is 0 Å². The van der Waals surface area contributed by atoms with Gasteiger partial charge in [0.25, 0.3) is 0 Å². The van der Waals surface area contributed by atoms with Gasteiger partial charge in [0, 0.05) is 18.6 Å². The third kappa shape index (κ3) is 3.10. The molecule has 3 atom stereocenters. The van der Waals surface area contributed by atoms with Crippen molar-refractivity contribution < 1.29 is 0 Å². The highest BCUT2D eigenvalue weighted by molar-refractivity contribution is 5.18. The monoisotopic (exact) mass is 243 g/mol. The maximum atomic E-state index is 9.51. The van der Waals surface area contributed by atoms with E-state index in [0.29, 0.717) is 12.1 Å². The van der Waals surface area contributed by atoms with Gasteiger partial charge in [0.05, 0.1) is 6.07 Å². The quantitative estimate of drug-likeness (QED) is 0.855. The van der Waals surface area contributed by atoms with Crippen LogP contribution in [0.1, 0.15) is 32.3 Å². The fourth-order valence-corrected chi connectivity index (χ4v) is 2.87. The fraction of sp³-hybridized carbons (Fsp3) is 0.533. The predicted octanol–water partition coefficient (Wildman–Crippen LogP) is 2.20. The molecule has 3 nitrogen and oxygen atoms in total. The molecule has 1 saturated heterocycles. The Bertz CT molecular complexity index is 411. The first-order valence-corrected chi connectivity index (χ1v) is 6.60. The summed E-state index contributed by atoms with van der Waals surface area (Å²) in [5.74, 6) is 0. The van der Waals surface area contributed by atoms with E-state index in [0.717, 1.165) is 19.4 Å². The van der Waals surface area contributed by atoms with Gasteiger partial charge in [0.1, 0.15) is 5.54 Å². The lowest BCUT2D eigenvalue weighted by atomic mass is 9.82. The molecule has 0 saturated carbocycles. The molecule has 0 bridgehead atoms. The van der Waals surface area contributed by atoms with Crippen LogP contribution in [0.5, 0.6) is 0 Å². The molecule has 1 aromatic carbocycles. The van der Waals surface area contributed by atoms with Gasteiger partial charge < -0.3 is 5.32 Å². The smallest absolute Gasteiger partial charge is 0.109 e. The Kier molecular flexibility index (Phi) is 4.00. The number of nitriles is 1. The predicted molar refractivity (Wildman–Crippen MR) is 72.9 cm³/mol. The first-order chi connectivity index (χ1) is 8.63. The first kappa shape index (κ1) is 13.1. The maximum absolute atomic E-state index is 9.51. The highest BCUT2D eigenvalue weighted by atomic mass is 15.1. The molecule has 2 N–H and O–H groups in total. The molecule has 3 heteroatoms. The summed E-state index contributed by atoms with van der Waals surface area (Å²) in [6.07, 6.45) is 1.72. The van der Waals surface area contributed by atoms with Crippen LogP contribution in [0.3, 0.4) is 0 Å². The molecule has 1 aromatic rings. The summed E-state index contributed by atoms with van der Waals surface area (Å²) < 4.78 is 0. The lowest BCUT2D eigenvalue weighted by molar-refractivity contribution is 0.225. The zero-order valence-electron chi connectivity index (χ0n) is 11.1. The van der Waals surface area contributed by atoms with E-state index in [-0.39, 0.29) is 5.54 Å². The van der Waals surface area contributed by atoms with Crippen LogP contribution in [0.2, 0.25) is 0 Å². The highest BCUT2D eigenvalue weighted by Gasteiger charge is 2.37. The van der Waals surface area contributed by atoms with E-state index in [4.69, 9.17) is 0 Å². The lowest BCUT2D eigenvalue weighted by Gasteiger charge is -2.39. The second kappa shape index (κ2) is 5.51. The zero-order valence-corrected chi connectivity index (χ0v) is 11.1. The Morgan fingerprint density at radius 3 is 2.44 bits per heavy atom. The number of hydrogen-bond acceptors (Lipinski definition) is 3. The average molecular weight is 243 g/mol. The van der Waals surface area contributed by atoms with Crippen LogP contribution in [0, 0.1) is 11.3 Å². The standard InChI is InChI=1S/C15H21N3/c1-12-8-15(11-16,9-13(2)18-12)17-10-14-6-4-3-5-7-14/h3-7,12-13,17-18H,8-10H2,1-2H3/t12-,13+,15?. The van der Waals surface area contributed by atoms with Gasteiger partial charge in [-0.1, -0.05) is 30.3 Å². The summed E-state index contributed by atoms with van der Waals surface area (Å²) in [5, 5.41) is 16.5. The van der Waals surface area contributed by atoms with E-state index in [1.54, 1.807) is 0 Å². The van der Waals surface area contributed by atoms with E-state index >= 15 is 0 Å². The molecule has 0 aliphatic carbocycles. The minimum atomic E-state index is -0.389. The van der Waals surface area contributed by atoms with Gasteiger partial charge in [-0.25, -0.2) is 0 Å². The number of hydrogen-bond donors (Lipinski definition) is 2. The minimum absolute atomic E-state index is 0.386. The van der Waals surface area contributed by atoms with Crippen LogP contribution in [-0.4, -0.2) is 17.6 Å². The van der Waals surface area contributed by atoms with E-state index in [1.807, 2.05) is 18.2 Å². The molecule has 0 radical (unpaired) electrons. The van der Waals surface area contributed by atoms with Crippen molar-refractivity contribution in [3.05, 3.63) is 35.9 Å². The zero-order chi connectivity index (χ0) is 13.0. The molecule has 1 unspecified atom stereocenters. The molecule has 1 aliphatic rings. The van der Waals surface area contributed by atoms with Crippen molar-refractivity contribution in [1.29, 1.82) is 5.26 Å². The summed E-state index contributed by atoms with van der Waals surface area (Å²) in [6.45, 7) is 5.05. The minimum Gasteiger partial charge on any atom is -0.312 e. The molecule has 0 aromatic heterocycles.